The summed E-state index contributed by atoms with van der Waals surface area (Å²) in [5, 5.41) is 10.0. The molecule has 1 aromatic carbocycles. The molecule has 0 bridgehead atoms. The van der Waals surface area contributed by atoms with Crippen molar-refractivity contribution in [3.8, 4) is 5.75 Å². The Balaban J connectivity index is 1.94. The molecule has 0 amide bonds. The van der Waals surface area contributed by atoms with E-state index >= 15 is 0 Å². The molecule has 2 heterocycles. The number of nitrogens with one attached hydrogen (secondary N) is 1. The summed E-state index contributed by atoms with van der Waals surface area (Å²) in [4.78, 5) is 10.4. The second-order valence-corrected chi connectivity index (χ2v) is 9.41. The molecule has 0 spiro atoms. The molecule has 0 aliphatic rings. The van der Waals surface area contributed by atoms with Crippen molar-refractivity contribution in [2.24, 2.45) is 0 Å². The highest BCUT2D eigenvalue weighted by Gasteiger charge is 2.13. The van der Waals surface area contributed by atoms with Crippen molar-refractivity contribution >= 4 is 62.0 Å². The molecule has 1 N–H and O–H groups in total. The van der Waals surface area contributed by atoms with Gasteiger partial charge in [-0.25, -0.2) is 4.98 Å². The van der Waals surface area contributed by atoms with Crippen LogP contribution in [-0.2, 0) is 6.61 Å². The molecule has 0 aliphatic carbocycles. The summed E-state index contributed by atoms with van der Waals surface area (Å²) in [5.41, 5.74) is 2.26. The number of halogens is 2. The van der Waals surface area contributed by atoms with Crippen molar-refractivity contribution in [1.82, 2.24) is 9.97 Å². The Hall–Kier alpha value is -1.73. The molecule has 2 aromatic heterocycles. The molecule has 0 atom stereocenters. The lowest BCUT2D eigenvalue weighted by Gasteiger charge is -2.13. The highest BCUT2D eigenvalue weighted by atomic mass is 35.5. The molecule has 144 valence electrons. The molecule has 0 aliphatic heterocycles. The first kappa shape index (κ1) is 21.0. The van der Waals surface area contributed by atoms with Crippen molar-refractivity contribution in [3.05, 3.63) is 69.4 Å². The SMILES string of the molecule is C=C(C)SC(=N)Sc1cc(C)nc2c(OCc3c(Cl)cncc3Cl)cccc12. The van der Waals surface area contributed by atoms with Crippen LogP contribution in [0.3, 0.4) is 0 Å². The van der Waals surface area contributed by atoms with Gasteiger partial charge in [0.1, 0.15) is 22.2 Å². The van der Waals surface area contributed by atoms with E-state index in [-0.39, 0.29) is 6.61 Å². The molecule has 28 heavy (non-hydrogen) atoms. The number of nitrogens with zero attached hydrogens (tertiary/aromatic N) is 2. The standard InChI is InChI=1S/C20H17Cl2N3OS2/c1-11(2)27-20(23)28-18-7-12(3)25-19-13(18)5-4-6-17(19)26-10-14-15(21)8-24-9-16(14)22/h4-9,23H,1,10H2,2-3H3. The minimum Gasteiger partial charge on any atom is -0.487 e. The molecular formula is C20H17Cl2N3OS2. The third-order valence-electron chi connectivity index (χ3n) is 3.69. The van der Waals surface area contributed by atoms with Crippen LogP contribution in [0.15, 0.2) is 53.0 Å². The number of hydrogen-bond donors (Lipinski definition) is 1. The summed E-state index contributed by atoms with van der Waals surface area (Å²) >= 11 is 15.1. The van der Waals surface area contributed by atoms with Gasteiger partial charge in [-0.3, -0.25) is 10.4 Å². The Bertz CT molecular complexity index is 1050. The highest BCUT2D eigenvalue weighted by Crippen LogP contribution is 2.36. The van der Waals surface area contributed by atoms with E-state index in [0.29, 0.717) is 25.7 Å². The number of hydrogen-bond acceptors (Lipinski definition) is 6. The van der Waals surface area contributed by atoms with Crippen LogP contribution in [0.1, 0.15) is 18.2 Å². The summed E-state index contributed by atoms with van der Waals surface area (Å²) in [7, 11) is 0. The van der Waals surface area contributed by atoms with E-state index in [4.69, 9.17) is 33.3 Å². The van der Waals surface area contributed by atoms with Crippen LogP contribution in [0.25, 0.3) is 10.9 Å². The molecule has 0 saturated heterocycles. The maximum Gasteiger partial charge on any atom is 0.146 e. The molecule has 8 heteroatoms. The van der Waals surface area contributed by atoms with Gasteiger partial charge < -0.3 is 4.74 Å². The predicted octanol–water partition coefficient (Wildman–Crippen LogP) is 7.12. The fraction of sp³-hybridized carbons (Fsp3) is 0.150. The first-order valence-corrected chi connectivity index (χ1v) is 10.6. The number of allylic oxidation sites excluding steroid dienone is 1. The Labute approximate surface area is 182 Å². The number of aromatic nitrogens is 2. The number of fused-ring (bicyclic) bond motifs is 1. The number of aryl methyl sites for hydroxylation is 1. The molecule has 3 aromatic rings. The Kier molecular flexibility index (Phi) is 6.88. The number of ether oxygens (including phenoxy) is 1. The zero-order chi connectivity index (χ0) is 20.3. The molecule has 0 unspecified atom stereocenters. The van der Waals surface area contributed by atoms with Crippen molar-refractivity contribution in [3.63, 3.8) is 0 Å². The van der Waals surface area contributed by atoms with Gasteiger partial charge in [-0.15, -0.1) is 0 Å². The smallest absolute Gasteiger partial charge is 0.146 e. The summed E-state index contributed by atoms with van der Waals surface area (Å²) in [6.07, 6.45) is 3.08. The third kappa shape index (κ3) is 5.00. The van der Waals surface area contributed by atoms with Crippen LogP contribution in [0.4, 0.5) is 0 Å². The zero-order valence-electron chi connectivity index (χ0n) is 15.3. The average molecular weight is 450 g/mol. The predicted molar refractivity (Wildman–Crippen MR) is 121 cm³/mol. The average Bonchev–Trinajstić information content (AvgIpc) is 2.60. The lowest BCUT2D eigenvalue weighted by molar-refractivity contribution is 0.309. The molecule has 0 radical (unpaired) electrons. The van der Waals surface area contributed by atoms with E-state index in [1.165, 1.54) is 35.9 Å². The van der Waals surface area contributed by atoms with Gasteiger partial charge in [0, 0.05) is 33.9 Å². The van der Waals surface area contributed by atoms with Gasteiger partial charge >= 0.3 is 0 Å². The van der Waals surface area contributed by atoms with Crippen LogP contribution in [0.2, 0.25) is 10.0 Å². The Morgan fingerprint density at radius 3 is 2.64 bits per heavy atom. The van der Waals surface area contributed by atoms with Gasteiger partial charge in [0.05, 0.1) is 10.0 Å². The fourth-order valence-corrected chi connectivity index (χ4v) is 4.88. The molecule has 0 saturated carbocycles. The normalized spacial score (nSPS) is 10.9. The van der Waals surface area contributed by atoms with Gasteiger partial charge in [0.15, 0.2) is 0 Å². The summed E-state index contributed by atoms with van der Waals surface area (Å²) < 4.78 is 6.46. The molecule has 3 rings (SSSR count). The van der Waals surface area contributed by atoms with Gasteiger partial charge in [0.25, 0.3) is 0 Å². The summed E-state index contributed by atoms with van der Waals surface area (Å²) in [5.74, 6) is 0.631. The van der Waals surface area contributed by atoms with Crippen molar-refractivity contribution < 1.29 is 4.74 Å². The number of benzene rings is 1. The maximum atomic E-state index is 8.17. The minimum atomic E-state index is 0.207. The van der Waals surface area contributed by atoms with Crippen molar-refractivity contribution in [2.45, 2.75) is 25.3 Å². The topological polar surface area (TPSA) is 58.9 Å². The van der Waals surface area contributed by atoms with Gasteiger partial charge in [-0.2, -0.15) is 0 Å². The fourth-order valence-electron chi connectivity index (χ4n) is 2.52. The van der Waals surface area contributed by atoms with Crippen LogP contribution in [-0.4, -0.2) is 14.3 Å². The lowest BCUT2D eigenvalue weighted by atomic mass is 10.2. The van der Waals surface area contributed by atoms with Gasteiger partial charge in [0.2, 0.25) is 0 Å². The Morgan fingerprint density at radius 1 is 1.25 bits per heavy atom. The largest absolute Gasteiger partial charge is 0.487 e. The first-order chi connectivity index (χ1) is 13.3. The van der Waals surface area contributed by atoms with Crippen LogP contribution in [0.5, 0.6) is 5.75 Å². The summed E-state index contributed by atoms with van der Waals surface area (Å²) in [6, 6.07) is 7.72. The van der Waals surface area contributed by atoms with E-state index in [1.807, 2.05) is 38.1 Å². The molecule has 4 nitrogen and oxygen atoms in total. The Morgan fingerprint density at radius 2 is 1.96 bits per heavy atom. The van der Waals surface area contributed by atoms with Gasteiger partial charge in [-0.1, -0.05) is 65.4 Å². The number of pyridine rings is 2. The second kappa shape index (κ2) is 9.18. The quantitative estimate of drug-likeness (QED) is 0.255. The van der Waals surface area contributed by atoms with E-state index in [1.54, 1.807) is 0 Å². The van der Waals surface area contributed by atoms with Crippen molar-refractivity contribution in [2.75, 3.05) is 0 Å². The molecule has 0 fully saturated rings. The maximum absolute atomic E-state index is 8.17. The monoisotopic (exact) mass is 449 g/mol. The zero-order valence-corrected chi connectivity index (χ0v) is 18.4. The van der Waals surface area contributed by atoms with E-state index in [0.717, 1.165) is 26.4 Å². The van der Waals surface area contributed by atoms with Crippen LogP contribution in [0, 0.1) is 12.3 Å². The number of thioether (sulfide) groups is 2. The third-order valence-corrected chi connectivity index (χ3v) is 6.11. The molecular weight excluding hydrogens is 433 g/mol. The van der Waals surface area contributed by atoms with E-state index in [2.05, 4.69) is 16.5 Å². The number of para-hydroxylation sites is 1. The van der Waals surface area contributed by atoms with Crippen LogP contribution >= 0.6 is 46.7 Å². The number of rotatable bonds is 5. The second-order valence-electron chi connectivity index (χ2n) is 5.98. The van der Waals surface area contributed by atoms with E-state index in [9.17, 15) is 0 Å². The minimum absolute atomic E-state index is 0.207. The first-order valence-electron chi connectivity index (χ1n) is 8.26. The van der Waals surface area contributed by atoms with Crippen molar-refractivity contribution in [1.29, 1.82) is 5.41 Å². The van der Waals surface area contributed by atoms with Gasteiger partial charge in [-0.05, 0) is 30.9 Å². The summed E-state index contributed by atoms with van der Waals surface area (Å²) in [6.45, 7) is 7.86. The van der Waals surface area contributed by atoms with E-state index < -0.39 is 0 Å². The highest BCUT2D eigenvalue weighted by molar-refractivity contribution is 8.40. The van der Waals surface area contributed by atoms with Crippen LogP contribution < -0.4 is 4.74 Å². The lowest BCUT2D eigenvalue weighted by Crippen LogP contribution is -2.00.